The number of hydrogen-bond acceptors (Lipinski definition) is 3. The van der Waals surface area contributed by atoms with Crippen LogP contribution in [-0.2, 0) is 0 Å². The van der Waals surface area contributed by atoms with Gasteiger partial charge in [-0.2, -0.15) is 0 Å². The van der Waals surface area contributed by atoms with Gasteiger partial charge in [-0.05, 0) is 60.2 Å². The van der Waals surface area contributed by atoms with Gasteiger partial charge in [0, 0.05) is 58.4 Å². The van der Waals surface area contributed by atoms with E-state index in [0.29, 0.717) is 0 Å². The number of para-hydroxylation sites is 5. The Balaban J connectivity index is 1.24. The van der Waals surface area contributed by atoms with Gasteiger partial charge in [0.15, 0.2) is 5.65 Å². The Kier molecular flexibility index (Phi) is 4.83. The quantitative estimate of drug-likeness (QED) is 0.188. The highest BCUT2D eigenvalue weighted by Gasteiger charge is 2.25. The number of nitrogens with zero attached hydrogens (tertiary/aromatic N) is 4. The second kappa shape index (κ2) is 9.19. The molecule has 0 amide bonds. The van der Waals surface area contributed by atoms with Gasteiger partial charge < -0.3 is 4.57 Å². The Labute approximate surface area is 283 Å². The molecule has 0 radical (unpaired) electrons. The Hall–Kier alpha value is -6.30. The summed E-state index contributed by atoms with van der Waals surface area (Å²) in [4.78, 5) is 10.6. The normalized spacial score (nSPS) is 12.5. The first-order valence-corrected chi connectivity index (χ1v) is 17.4. The van der Waals surface area contributed by atoms with Crippen LogP contribution in [0.3, 0.4) is 0 Å². The average Bonchev–Trinajstić information content (AvgIpc) is 3.89. The van der Waals surface area contributed by atoms with Crippen molar-refractivity contribution in [1.29, 1.82) is 0 Å². The van der Waals surface area contributed by atoms with Crippen molar-refractivity contribution in [1.82, 2.24) is 18.9 Å². The summed E-state index contributed by atoms with van der Waals surface area (Å²) in [6, 6.07) is 52.6. The van der Waals surface area contributed by atoms with E-state index >= 15 is 0 Å². The second-order valence-corrected chi connectivity index (χ2v) is 14.0. The number of thiophene rings is 1. The van der Waals surface area contributed by atoms with Crippen LogP contribution in [-0.4, -0.2) is 18.9 Å². The van der Waals surface area contributed by atoms with E-state index in [0.717, 1.165) is 33.4 Å². The van der Waals surface area contributed by atoms with Gasteiger partial charge in [0.25, 0.3) is 0 Å². The van der Waals surface area contributed by atoms with Gasteiger partial charge in [0.05, 0.1) is 33.1 Å². The van der Waals surface area contributed by atoms with Gasteiger partial charge in [-0.15, -0.1) is 11.3 Å². The fourth-order valence-electron chi connectivity index (χ4n) is 8.41. The third kappa shape index (κ3) is 3.27. The van der Waals surface area contributed by atoms with Gasteiger partial charge >= 0.3 is 0 Å². The van der Waals surface area contributed by atoms with E-state index in [1.54, 1.807) is 0 Å². The molecular formula is C44H24N4S. The van der Waals surface area contributed by atoms with Crippen LogP contribution in [0.5, 0.6) is 0 Å². The Morgan fingerprint density at radius 2 is 1.22 bits per heavy atom. The summed E-state index contributed by atoms with van der Waals surface area (Å²) in [6.07, 6.45) is 0. The molecular weight excluding hydrogens is 617 g/mol. The van der Waals surface area contributed by atoms with Crippen LogP contribution in [0.2, 0.25) is 0 Å². The van der Waals surface area contributed by atoms with Crippen LogP contribution < -0.4 is 0 Å². The molecule has 4 nitrogen and oxygen atoms in total. The van der Waals surface area contributed by atoms with E-state index in [1.807, 2.05) is 23.5 Å². The lowest BCUT2D eigenvalue weighted by Gasteiger charge is -2.12. The fourth-order valence-corrected chi connectivity index (χ4v) is 9.56. The highest BCUT2D eigenvalue weighted by Crippen LogP contribution is 2.48. The summed E-state index contributed by atoms with van der Waals surface area (Å²) in [5, 5.41) is 8.74. The summed E-state index contributed by atoms with van der Waals surface area (Å²) >= 11 is 1.86. The maximum Gasteiger partial charge on any atom is 0.165 e. The molecule has 12 aromatic rings. The first kappa shape index (κ1) is 25.7. The molecule has 49 heavy (non-hydrogen) atoms. The van der Waals surface area contributed by atoms with E-state index in [9.17, 15) is 0 Å². The van der Waals surface area contributed by atoms with Crippen molar-refractivity contribution >= 4 is 103 Å². The summed E-state index contributed by atoms with van der Waals surface area (Å²) < 4.78 is 7.36. The van der Waals surface area contributed by atoms with E-state index in [-0.39, 0.29) is 0 Å². The molecule has 0 atom stereocenters. The highest BCUT2D eigenvalue weighted by molar-refractivity contribution is 7.26. The summed E-state index contributed by atoms with van der Waals surface area (Å²) in [6.45, 7) is 0. The molecule has 5 aromatic heterocycles. The fraction of sp³-hybridized carbons (Fsp3) is 0. The molecule has 0 N–H and O–H groups in total. The van der Waals surface area contributed by atoms with Crippen LogP contribution in [0.25, 0.3) is 108 Å². The molecule has 0 spiro atoms. The van der Waals surface area contributed by atoms with Crippen molar-refractivity contribution in [2.45, 2.75) is 0 Å². The maximum absolute atomic E-state index is 5.29. The standard InChI is InChI=1S/C44H24N4S/c1-2-11-26(12-3-1)47-35-19-8-4-13-28(35)29-16-10-15-27(42(29)47)25-21-22-36-31(23-25)32-24-38-39(30-14-5-9-20-37(30)49-38)40-41-44(48(36)43(32)40)46-34-18-7-6-17-33(34)45-41/h1-24H. The molecule has 0 saturated carbocycles. The van der Waals surface area contributed by atoms with Crippen LogP contribution in [0.4, 0.5) is 0 Å². The number of benzene rings is 7. The van der Waals surface area contributed by atoms with E-state index < -0.39 is 0 Å². The van der Waals surface area contributed by atoms with Crippen molar-refractivity contribution in [2.75, 3.05) is 0 Å². The van der Waals surface area contributed by atoms with Gasteiger partial charge in [0.1, 0.15) is 5.52 Å². The largest absolute Gasteiger partial charge is 0.309 e. The number of rotatable bonds is 2. The highest BCUT2D eigenvalue weighted by atomic mass is 32.1. The predicted octanol–water partition coefficient (Wildman–Crippen LogP) is 11.9. The SMILES string of the molecule is c1ccc(-n2c3ccccc3c3cccc(-c4ccc5c(c4)c4cc6sc7ccccc7c6c6c7nc8ccccc8nc7n5c46)c32)cc1. The first-order chi connectivity index (χ1) is 24.3. The minimum atomic E-state index is 0.910. The summed E-state index contributed by atoms with van der Waals surface area (Å²) in [5.41, 5.74) is 12.1. The molecule has 226 valence electrons. The average molecular weight is 641 g/mol. The molecule has 0 aliphatic heterocycles. The molecule has 0 bridgehead atoms. The molecule has 12 rings (SSSR count). The smallest absolute Gasteiger partial charge is 0.165 e. The zero-order valence-corrected chi connectivity index (χ0v) is 26.9. The molecule has 0 aliphatic rings. The molecule has 5 heterocycles. The van der Waals surface area contributed by atoms with Gasteiger partial charge in [-0.3, -0.25) is 4.40 Å². The second-order valence-electron chi connectivity index (χ2n) is 13.0. The molecule has 5 heteroatoms. The number of aromatic nitrogens is 4. The summed E-state index contributed by atoms with van der Waals surface area (Å²) in [7, 11) is 0. The topological polar surface area (TPSA) is 35.1 Å². The lowest BCUT2D eigenvalue weighted by Crippen LogP contribution is -1.95. The third-order valence-electron chi connectivity index (χ3n) is 10.4. The minimum absolute atomic E-state index is 0.910. The molecule has 7 aromatic carbocycles. The maximum atomic E-state index is 5.29. The van der Waals surface area contributed by atoms with Gasteiger partial charge in [0.2, 0.25) is 0 Å². The van der Waals surface area contributed by atoms with Crippen molar-refractivity contribution in [3.63, 3.8) is 0 Å². The lowest BCUT2D eigenvalue weighted by atomic mass is 9.99. The first-order valence-electron chi connectivity index (χ1n) is 16.6. The molecule has 0 fully saturated rings. The number of hydrogen-bond donors (Lipinski definition) is 0. The Bertz CT molecular complexity index is 3330. The van der Waals surface area contributed by atoms with Gasteiger partial charge in [-0.1, -0.05) is 91.0 Å². The van der Waals surface area contributed by atoms with E-state index in [4.69, 9.17) is 9.97 Å². The van der Waals surface area contributed by atoms with Crippen LogP contribution in [0.1, 0.15) is 0 Å². The van der Waals surface area contributed by atoms with Crippen molar-refractivity contribution in [3.8, 4) is 16.8 Å². The number of fused-ring (bicyclic) bond motifs is 14. The molecule has 0 unspecified atom stereocenters. The lowest BCUT2D eigenvalue weighted by molar-refractivity contribution is 1.18. The van der Waals surface area contributed by atoms with E-state index in [2.05, 4.69) is 142 Å². The third-order valence-corrected chi connectivity index (χ3v) is 11.5. The molecule has 0 saturated heterocycles. The van der Waals surface area contributed by atoms with E-state index in [1.165, 1.54) is 74.8 Å². The Morgan fingerprint density at radius 1 is 0.469 bits per heavy atom. The predicted molar refractivity (Wildman–Crippen MR) is 207 cm³/mol. The minimum Gasteiger partial charge on any atom is -0.309 e. The van der Waals surface area contributed by atoms with Gasteiger partial charge in [-0.25, -0.2) is 9.97 Å². The molecule has 0 aliphatic carbocycles. The van der Waals surface area contributed by atoms with Crippen molar-refractivity contribution in [3.05, 3.63) is 146 Å². The zero-order chi connectivity index (χ0) is 31.8. The monoisotopic (exact) mass is 640 g/mol. The zero-order valence-electron chi connectivity index (χ0n) is 26.1. The van der Waals surface area contributed by atoms with Crippen LogP contribution in [0, 0.1) is 0 Å². The Morgan fingerprint density at radius 3 is 2.12 bits per heavy atom. The van der Waals surface area contributed by atoms with Crippen molar-refractivity contribution < 1.29 is 0 Å². The van der Waals surface area contributed by atoms with Crippen molar-refractivity contribution in [2.24, 2.45) is 0 Å². The van der Waals surface area contributed by atoms with Crippen LogP contribution >= 0.6 is 11.3 Å². The van der Waals surface area contributed by atoms with Crippen LogP contribution in [0.15, 0.2) is 146 Å². The summed E-state index contributed by atoms with van der Waals surface area (Å²) in [5.74, 6) is 0.